The van der Waals surface area contributed by atoms with Crippen molar-refractivity contribution in [3.05, 3.63) is 58.6 Å². The number of hydrogen-bond donors (Lipinski definition) is 3. The summed E-state index contributed by atoms with van der Waals surface area (Å²) in [6, 6.07) is 11.2. The van der Waals surface area contributed by atoms with Gasteiger partial charge in [0.15, 0.2) is 5.60 Å². The molecule has 0 saturated heterocycles. The minimum atomic E-state index is -3.60. The molecule has 2 unspecified atom stereocenters. The lowest BCUT2D eigenvalue weighted by Gasteiger charge is -2.32. The summed E-state index contributed by atoms with van der Waals surface area (Å²) in [4.78, 5) is 0. The molecule has 0 spiro atoms. The molecule has 0 aliphatic carbocycles. The van der Waals surface area contributed by atoms with Crippen molar-refractivity contribution in [2.45, 2.75) is 82.5 Å². The Hall–Kier alpha value is -1.84. The fraction of sp³-hybridized carbons (Fsp3) is 0.536. The number of ether oxygens (including phenoxy) is 2. The summed E-state index contributed by atoms with van der Waals surface area (Å²) in [5, 5.41) is 18.3. The third kappa shape index (κ3) is 10.0. The zero-order chi connectivity index (χ0) is 28.0. The number of benzene rings is 2. The van der Waals surface area contributed by atoms with Gasteiger partial charge < -0.3 is 20.0 Å². The number of rotatable bonds is 19. The van der Waals surface area contributed by atoms with Crippen LogP contribution >= 0.6 is 23.2 Å². The summed E-state index contributed by atoms with van der Waals surface area (Å²) in [6.07, 6.45) is 12.1. The molecule has 0 fully saturated rings. The van der Waals surface area contributed by atoms with E-state index in [0.717, 1.165) is 25.5 Å². The van der Waals surface area contributed by atoms with Crippen molar-refractivity contribution in [1.29, 1.82) is 5.41 Å². The van der Waals surface area contributed by atoms with Gasteiger partial charge >= 0.3 is 0 Å². The average molecular weight is 588 g/mol. The largest absolute Gasteiger partial charge is 0.497 e. The summed E-state index contributed by atoms with van der Waals surface area (Å²) < 4.78 is 39.0. The van der Waals surface area contributed by atoms with Crippen molar-refractivity contribution < 1.29 is 23.0 Å². The van der Waals surface area contributed by atoms with Crippen LogP contribution in [0.4, 0.5) is 5.69 Å². The number of halogens is 2. The minimum absolute atomic E-state index is 0.00649. The summed E-state index contributed by atoms with van der Waals surface area (Å²) in [5.74, 6) is -1.17. The van der Waals surface area contributed by atoms with E-state index in [1.807, 2.05) is 0 Å². The second kappa shape index (κ2) is 16.3. The Labute approximate surface area is 237 Å². The maximum Gasteiger partial charge on any atom is 0.236 e. The van der Waals surface area contributed by atoms with Gasteiger partial charge in [-0.2, -0.15) is 0 Å². The normalized spacial score (nSPS) is 14.0. The highest BCUT2D eigenvalue weighted by molar-refractivity contribution is 7.92. The van der Waals surface area contributed by atoms with Crippen LogP contribution in [0.1, 0.15) is 82.3 Å². The van der Waals surface area contributed by atoms with E-state index in [-0.39, 0.29) is 22.0 Å². The number of hydrogen-bond acceptors (Lipinski definition) is 6. The first-order chi connectivity index (χ1) is 18.2. The Bertz CT molecular complexity index is 1100. The van der Waals surface area contributed by atoms with E-state index in [1.54, 1.807) is 30.3 Å². The Morgan fingerprint density at radius 1 is 1.00 bits per heavy atom. The first-order valence-electron chi connectivity index (χ1n) is 13.1. The molecule has 0 saturated carbocycles. The van der Waals surface area contributed by atoms with E-state index >= 15 is 0 Å². The van der Waals surface area contributed by atoms with Gasteiger partial charge in [-0.15, -0.1) is 0 Å². The maximum atomic E-state index is 12.8. The fourth-order valence-corrected chi connectivity index (χ4v) is 5.93. The summed E-state index contributed by atoms with van der Waals surface area (Å²) in [6.45, 7) is 2.21. The van der Waals surface area contributed by atoms with E-state index < -0.39 is 21.4 Å². The van der Waals surface area contributed by atoms with Gasteiger partial charge in [0, 0.05) is 22.5 Å². The number of sulfonamides is 1. The second-order valence-corrected chi connectivity index (χ2v) is 11.9. The molecule has 10 heteroatoms. The number of aliphatic hydroxyl groups excluding tert-OH is 1. The highest BCUT2D eigenvalue weighted by Crippen LogP contribution is 2.39. The molecule has 2 rings (SSSR count). The molecule has 0 amide bonds. The third-order valence-corrected chi connectivity index (χ3v) is 8.20. The number of nitrogens with one attached hydrogen (secondary N) is 2. The number of methoxy groups -OCH3 is 1. The standard InChI is InChI=1S/C28H40Cl2N2O5S/c1-3-4-5-6-7-8-9-10-11-12-19-38(34,35)32-23-15-18-26(29)25(20-23)28(21-31,37-27(30)33)22-13-16-24(36-2)17-14-22/h13-18,20-21,27,31-33H,3-12,19H2,1-2H3. The van der Waals surface area contributed by atoms with Gasteiger partial charge in [-0.1, -0.05) is 100 Å². The predicted octanol–water partition coefficient (Wildman–Crippen LogP) is 7.44. The third-order valence-electron chi connectivity index (χ3n) is 6.41. The Morgan fingerprint density at radius 2 is 1.58 bits per heavy atom. The second-order valence-electron chi connectivity index (χ2n) is 9.32. The molecule has 0 bridgehead atoms. The fourth-order valence-electron chi connectivity index (χ4n) is 4.36. The highest BCUT2D eigenvalue weighted by Gasteiger charge is 2.38. The maximum absolute atomic E-state index is 12.8. The SMILES string of the molecule is CCCCCCCCCCCCS(=O)(=O)Nc1ccc(Cl)c(C(C=N)(OC(O)Cl)c2ccc(OC)cc2)c1. The molecule has 7 nitrogen and oxygen atoms in total. The van der Waals surface area contributed by atoms with Gasteiger partial charge in [-0.3, -0.25) is 4.72 Å². The topological polar surface area (TPSA) is 109 Å². The van der Waals surface area contributed by atoms with Crippen LogP contribution in [0.5, 0.6) is 5.75 Å². The first kappa shape index (κ1) is 32.4. The monoisotopic (exact) mass is 586 g/mol. The molecular weight excluding hydrogens is 547 g/mol. The number of unbranched alkanes of at least 4 members (excludes halogenated alkanes) is 9. The van der Waals surface area contributed by atoms with E-state index in [0.29, 0.717) is 17.7 Å². The Balaban J connectivity index is 2.09. The zero-order valence-electron chi connectivity index (χ0n) is 22.2. The van der Waals surface area contributed by atoms with Crippen LogP contribution in [0.15, 0.2) is 42.5 Å². The molecule has 0 aliphatic heterocycles. The molecule has 2 aromatic carbocycles. The van der Waals surface area contributed by atoms with Crippen LogP contribution in [0.25, 0.3) is 0 Å². The molecule has 3 N–H and O–H groups in total. The van der Waals surface area contributed by atoms with E-state index in [9.17, 15) is 13.5 Å². The summed E-state index contributed by atoms with van der Waals surface area (Å²) in [5.41, 5.74) is -0.718. The van der Waals surface area contributed by atoms with Crippen molar-refractivity contribution in [2.75, 3.05) is 17.6 Å². The highest BCUT2D eigenvalue weighted by atomic mass is 35.5. The van der Waals surface area contributed by atoms with Crippen LogP contribution in [-0.4, -0.2) is 38.4 Å². The summed E-state index contributed by atoms with van der Waals surface area (Å²) in [7, 11) is -2.08. The van der Waals surface area contributed by atoms with Crippen LogP contribution in [-0.2, 0) is 20.4 Å². The molecule has 0 heterocycles. The molecule has 2 atom stereocenters. The van der Waals surface area contributed by atoms with Crippen LogP contribution in [0.3, 0.4) is 0 Å². The predicted molar refractivity (Wildman–Crippen MR) is 156 cm³/mol. The molecule has 0 aliphatic rings. The smallest absolute Gasteiger partial charge is 0.236 e. The van der Waals surface area contributed by atoms with Gasteiger partial charge in [0.1, 0.15) is 5.75 Å². The summed E-state index contributed by atoms with van der Waals surface area (Å²) >= 11 is 12.3. The van der Waals surface area contributed by atoms with Crippen LogP contribution in [0, 0.1) is 5.41 Å². The quantitative estimate of drug-likeness (QED) is 0.0685. The first-order valence-corrected chi connectivity index (χ1v) is 15.6. The van der Waals surface area contributed by atoms with Crippen molar-refractivity contribution in [1.82, 2.24) is 0 Å². The average Bonchev–Trinajstić information content (AvgIpc) is 2.89. The molecule has 0 radical (unpaired) electrons. The van der Waals surface area contributed by atoms with Gasteiger partial charge in [-0.25, -0.2) is 8.42 Å². The number of alkyl halides is 1. The van der Waals surface area contributed by atoms with Crippen molar-refractivity contribution in [3.63, 3.8) is 0 Å². The van der Waals surface area contributed by atoms with Gasteiger partial charge in [0.05, 0.1) is 12.9 Å². The number of anilines is 1. The van der Waals surface area contributed by atoms with Gasteiger partial charge in [0.2, 0.25) is 15.8 Å². The molecule has 0 aromatic heterocycles. The lowest BCUT2D eigenvalue weighted by atomic mass is 9.86. The Morgan fingerprint density at radius 3 is 2.11 bits per heavy atom. The van der Waals surface area contributed by atoms with Crippen LogP contribution in [0.2, 0.25) is 5.02 Å². The molecule has 2 aromatic rings. The zero-order valence-corrected chi connectivity index (χ0v) is 24.5. The van der Waals surface area contributed by atoms with E-state index in [2.05, 4.69) is 11.6 Å². The van der Waals surface area contributed by atoms with E-state index in [1.165, 1.54) is 57.8 Å². The molecule has 38 heavy (non-hydrogen) atoms. The van der Waals surface area contributed by atoms with Gasteiger partial charge in [0.25, 0.3) is 0 Å². The molecular formula is C28H40Cl2N2O5S. The van der Waals surface area contributed by atoms with Crippen molar-refractivity contribution >= 4 is 45.1 Å². The van der Waals surface area contributed by atoms with Crippen molar-refractivity contribution in [2.24, 2.45) is 0 Å². The van der Waals surface area contributed by atoms with Crippen LogP contribution < -0.4 is 9.46 Å². The lowest BCUT2D eigenvalue weighted by molar-refractivity contribution is -0.0945. The number of aliphatic hydroxyl groups is 1. The van der Waals surface area contributed by atoms with E-state index in [4.69, 9.17) is 38.1 Å². The van der Waals surface area contributed by atoms with Crippen molar-refractivity contribution in [3.8, 4) is 5.75 Å². The molecule has 212 valence electrons. The van der Waals surface area contributed by atoms with Gasteiger partial charge in [-0.05, 0) is 42.3 Å². The Kier molecular flexibility index (Phi) is 13.9. The lowest BCUT2D eigenvalue weighted by Crippen LogP contribution is -2.36. The minimum Gasteiger partial charge on any atom is -0.497 e.